The van der Waals surface area contributed by atoms with Gasteiger partial charge in [0.1, 0.15) is 0 Å². The lowest BCUT2D eigenvalue weighted by atomic mass is 10.1. The molecule has 2 atom stereocenters. The first-order chi connectivity index (χ1) is 9.92. The van der Waals surface area contributed by atoms with Gasteiger partial charge in [-0.1, -0.05) is 19.1 Å². The quantitative estimate of drug-likeness (QED) is 0.925. The van der Waals surface area contributed by atoms with Gasteiger partial charge in [-0.25, -0.2) is 0 Å². The molecule has 1 fully saturated rings. The predicted molar refractivity (Wildman–Crippen MR) is 84.3 cm³/mol. The lowest BCUT2D eigenvalue weighted by molar-refractivity contribution is -0.126. The molecule has 2 unspecified atom stereocenters. The van der Waals surface area contributed by atoms with E-state index >= 15 is 0 Å². The summed E-state index contributed by atoms with van der Waals surface area (Å²) in [6, 6.07) is 6.22. The third-order valence-electron chi connectivity index (χ3n) is 4.15. The van der Waals surface area contributed by atoms with Crippen molar-refractivity contribution in [3.8, 4) is 0 Å². The number of anilines is 1. The maximum atomic E-state index is 12.3. The van der Waals surface area contributed by atoms with Crippen molar-refractivity contribution in [2.45, 2.75) is 46.6 Å². The molecule has 2 rings (SSSR count). The van der Waals surface area contributed by atoms with E-state index in [1.165, 1.54) is 0 Å². The molecule has 0 spiro atoms. The van der Waals surface area contributed by atoms with Crippen molar-refractivity contribution in [2.75, 3.05) is 11.4 Å². The molecule has 4 nitrogen and oxygen atoms in total. The van der Waals surface area contributed by atoms with Gasteiger partial charge < -0.3 is 10.2 Å². The second-order valence-corrected chi connectivity index (χ2v) is 6.01. The molecule has 2 amide bonds. The van der Waals surface area contributed by atoms with Crippen molar-refractivity contribution in [3.63, 3.8) is 0 Å². The van der Waals surface area contributed by atoms with Crippen LogP contribution in [0.15, 0.2) is 18.2 Å². The molecule has 0 radical (unpaired) electrons. The maximum absolute atomic E-state index is 12.3. The number of carbonyl (C=O) groups excluding carboxylic acids is 2. The molecule has 114 valence electrons. The number of nitrogens with one attached hydrogen (secondary N) is 1. The molecule has 1 aliphatic rings. The zero-order valence-electron chi connectivity index (χ0n) is 13.3. The second kappa shape index (κ2) is 6.29. The number of nitrogens with zero attached hydrogens (tertiary/aromatic N) is 1. The highest BCUT2D eigenvalue weighted by Crippen LogP contribution is 2.28. The van der Waals surface area contributed by atoms with Crippen LogP contribution < -0.4 is 10.2 Å². The number of rotatable bonds is 4. The van der Waals surface area contributed by atoms with E-state index in [1.807, 2.05) is 45.9 Å². The molecule has 21 heavy (non-hydrogen) atoms. The van der Waals surface area contributed by atoms with Gasteiger partial charge in [-0.05, 0) is 44.4 Å². The van der Waals surface area contributed by atoms with Gasteiger partial charge in [0, 0.05) is 24.7 Å². The predicted octanol–water partition coefficient (Wildman–Crippen LogP) is 2.57. The Kier molecular flexibility index (Phi) is 4.66. The van der Waals surface area contributed by atoms with Crippen LogP contribution in [0.25, 0.3) is 0 Å². The van der Waals surface area contributed by atoms with Crippen LogP contribution in [0.3, 0.4) is 0 Å². The Balaban J connectivity index is 2.13. The summed E-state index contributed by atoms with van der Waals surface area (Å²) in [5, 5.41) is 2.97. The van der Waals surface area contributed by atoms with Crippen LogP contribution in [-0.4, -0.2) is 24.4 Å². The molecule has 0 aliphatic carbocycles. The molecule has 1 heterocycles. The molecular weight excluding hydrogens is 264 g/mol. The van der Waals surface area contributed by atoms with Gasteiger partial charge in [0.05, 0.1) is 5.92 Å². The van der Waals surface area contributed by atoms with E-state index in [0.717, 1.165) is 23.2 Å². The number of amides is 2. The van der Waals surface area contributed by atoms with Crippen LogP contribution in [0, 0.1) is 19.8 Å². The summed E-state index contributed by atoms with van der Waals surface area (Å²) in [5.74, 6) is -0.218. The molecule has 1 saturated heterocycles. The van der Waals surface area contributed by atoms with E-state index in [0.29, 0.717) is 13.0 Å². The van der Waals surface area contributed by atoms with Crippen LogP contribution in [0.5, 0.6) is 0 Å². The highest BCUT2D eigenvalue weighted by molar-refractivity contribution is 6.00. The van der Waals surface area contributed by atoms with Crippen molar-refractivity contribution in [2.24, 2.45) is 5.92 Å². The molecule has 1 N–H and O–H groups in total. The van der Waals surface area contributed by atoms with Gasteiger partial charge in [0.15, 0.2) is 0 Å². The Morgan fingerprint density at radius 2 is 2.14 bits per heavy atom. The molecule has 1 aromatic carbocycles. The van der Waals surface area contributed by atoms with Gasteiger partial charge in [-0.2, -0.15) is 0 Å². The van der Waals surface area contributed by atoms with Crippen LogP contribution in [0.1, 0.15) is 37.8 Å². The van der Waals surface area contributed by atoms with E-state index < -0.39 is 0 Å². The third kappa shape index (κ3) is 3.43. The highest BCUT2D eigenvalue weighted by atomic mass is 16.2. The zero-order chi connectivity index (χ0) is 15.6. The molecule has 1 aromatic rings. The van der Waals surface area contributed by atoms with E-state index in [2.05, 4.69) is 5.32 Å². The molecule has 0 aromatic heterocycles. The van der Waals surface area contributed by atoms with Crippen molar-refractivity contribution >= 4 is 17.5 Å². The summed E-state index contributed by atoms with van der Waals surface area (Å²) in [6.07, 6.45) is 1.20. The normalized spacial score (nSPS) is 19.7. The fourth-order valence-corrected chi connectivity index (χ4v) is 2.59. The van der Waals surface area contributed by atoms with Crippen LogP contribution in [0.4, 0.5) is 5.69 Å². The van der Waals surface area contributed by atoms with Crippen molar-refractivity contribution in [1.29, 1.82) is 0 Å². The second-order valence-electron chi connectivity index (χ2n) is 6.01. The Bertz CT molecular complexity index is 554. The Labute approximate surface area is 126 Å². The summed E-state index contributed by atoms with van der Waals surface area (Å²) in [7, 11) is 0. The summed E-state index contributed by atoms with van der Waals surface area (Å²) in [4.78, 5) is 26.2. The standard InChI is InChI=1S/C17H24N2O2/c1-5-13(4)18-17(21)14-9-16(20)19(10-14)15-8-11(2)6-7-12(15)3/h6-8,13-14H,5,9-10H2,1-4H3,(H,18,21). The zero-order valence-corrected chi connectivity index (χ0v) is 13.3. The Morgan fingerprint density at radius 1 is 1.43 bits per heavy atom. The minimum absolute atomic E-state index is 0.00879. The topological polar surface area (TPSA) is 49.4 Å². The smallest absolute Gasteiger partial charge is 0.227 e. The number of hydrogen-bond acceptors (Lipinski definition) is 2. The number of carbonyl (C=O) groups is 2. The maximum Gasteiger partial charge on any atom is 0.227 e. The number of hydrogen-bond donors (Lipinski definition) is 1. The van der Waals surface area contributed by atoms with E-state index in [4.69, 9.17) is 0 Å². The van der Waals surface area contributed by atoms with Crippen molar-refractivity contribution < 1.29 is 9.59 Å². The highest BCUT2D eigenvalue weighted by Gasteiger charge is 2.35. The fraction of sp³-hybridized carbons (Fsp3) is 0.529. The Morgan fingerprint density at radius 3 is 2.81 bits per heavy atom. The molecular formula is C17H24N2O2. The van der Waals surface area contributed by atoms with Gasteiger partial charge >= 0.3 is 0 Å². The van der Waals surface area contributed by atoms with Crippen molar-refractivity contribution in [3.05, 3.63) is 29.3 Å². The monoisotopic (exact) mass is 288 g/mol. The number of benzene rings is 1. The first-order valence-corrected chi connectivity index (χ1v) is 7.60. The molecule has 0 saturated carbocycles. The van der Waals surface area contributed by atoms with E-state index in [9.17, 15) is 9.59 Å². The summed E-state index contributed by atoms with van der Waals surface area (Å²) < 4.78 is 0. The summed E-state index contributed by atoms with van der Waals surface area (Å²) in [6.45, 7) is 8.50. The largest absolute Gasteiger partial charge is 0.353 e. The molecule has 1 aliphatic heterocycles. The van der Waals surface area contributed by atoms with Crippen molar-refractivity contribution in [1.82, 2.24) is 5.32 Å². The SMILES string of the molecule is CCC(C)NC(=O)C1CC(=O)N(c2cc(C)ccc2C)C1. The molecule has 0 bridgehead atoms. The summed E-state index contributed by atoms with van der Waals surface area (Å²) >= 11 is 0. The van der Waals surface area contributed by atoms with Gasteiger partial charge in [0.25, 0.3) is 0 Å². The summed E-state index contributed by atoms with van der Waals surface area (Å²) in [5.41, 5.74) is 3.12. The van der Waals surface area contributed by atoms with Gasteiger partial charge in [-0.3, -0.25) is 9.59 Å². The average Bonchev–Trinajstić information content (AvgIpc) is 2.83. The minimum atomic E-state index is -0.244. The first kappa shape index (κ1) is 15.5. The third-order valence-corrected chi connectivity index (χ3v) is 4.15. The van der Waals surface area contributed by atoms with Crippen LogP contribution >= 0.6 is 0 Å². The van der Waals surface area contributed by atoms with E-state index in [1.54, 1.807) is 4.90 Å². The fourth-order valence-electron chi connectivity index (χ4n) is 2.59. The van der Waals surface area contributed by atoms with Gasteiger partial charge in [-0.15, -0.1) is 0 Å². The van der Waals surface area contributed by atoms with Crippen LogP contribution in [0.2, 0.25) is 0 Å². The Hall–Kier alpha value is -1.84. The number of aryl methyl sites for hydroxylation is 2. The van der Waals surface area contributed by atoms with E-state index in [-0.39, 0.29) is 23.8 Å². The average molecular weight is 288 g/mol. The molecule has 4 heteroatoms. The van der Waals surface area contributed by atoms with Gasteiger partial charge in [0.2, 0.25) is 11.8 Å². The minimum Gasteiger partial charge on any atom is -0.353 e. The lowest BCUT2D eigenvalue weighted by Crippen LogP contribution is -2.38. The first-order valence-electron chi connectivity index (χ1n) is 7.60. The lowest BCUT2D eigenvalue weighted by Gasteiger charge is -2.20. The van der Waals surface area contributed by atoms with Crippen LogP contribution in [-0.2, 0) is 9.59 Å².